The maximum absolute atomic E-state index is 5.39. The Kier molecular flexibility index (Phi) is 6.76. The average molecular weight is 226 g/mol. The fraction of sp³-hybridized carbons (Fsp3) is 0.818. The molecule has 1 aromatic heterocycles. The quantitative estimate of drug-likeness (QED) is 0.643. The van der Waals surface area contributed by atoms with Gasteiger partial charge in [0.2, 0.25) is 0 Å². The number of nitrogens with one attached hydrogen (secondary N) is 1. The zero-order valence-electron chi connectivity index (χ0n) is 10.3. The summed E-state index contributed by atoms with van der Waals surface area (Å²) in [5, 5.41) is 7.61. The second-order valence-electron chi connectivity index (χ2n) is 3.71. The summed E-state index contributed by atoms with van der Waals surface area (Å²) in [4.78, 5) is 4.22. The largest absolute Gasteiger partial charge is 0.380 e. The van der Waals surface area contributed by atoms with E-state index in [-0.39, 0.29) is 0 Å². The number of rotatable bonds is 9. The lowest BCUT2D eigenvalue weighted by molar-refractivity contribution is 0.124. The first-order chi connectivity index (χ1) is 7.86. The van der Waals surface area contributed by atoms with Gasteiger partial charge in [0, 0.05) is 6.61 Å². The van der Waals surface area contributed by atoms with Crippen molar-refractivity contribution >= 4 is 0 Å². The molecular weight excluding hydrogens is 204 g/mol. The summed E-state index contributed by atoms with van der Waals surface area (Å²) in [6, 6.07) is 0. The molecular formula is C11H22N4O. The first-order valence-electron chi connectivity index (χ1n) is 6.03. The van der Waals surface area contributed by atoms with E-state index in [1.165, 1.54) is 0 Å². The fourth-order valence-corrected chi connectivity index (χ4v) is 1.30. The van der Waals surface area contributed by atoms with Crippen LogP contribution in [0.1, 0.15) is 32.5 Å². The lowest BCUT2D eigenvalue weighted by Gasteiger charge is -2.01. The highest BCUT2D eigenvalue weighted by molar-refractivity contribution is 4.80. The molecule has 0 spiro atoms. The number of aromatic nitrogens is 3. The van der Waals surface area contributed by atoms with Crippen molar-refractivity contribution in [1.82, 2.24) is 20.1 Å². The Labute approximate surface area is 97.2 Å². The van der Waals surface area contributed by atoms with Crippen LogP contribution in [0.2, 0.25) is 0 Å². The lowest BCUT2D eigenvalue weighted by atomic mass is 10.5. The summed E-state index contributed by atoms with van der Waals surface area (Å²) in [5.74, 6) is 0.851. The van der Waals surface area contributed by atoms with E-state index in [9.17, 15) is 0 Å². The summed E-state index contributed by atoms with van der Waals surface area (Å²) in [7, 11) is 0. The van der Waals surface area contributed by atoms with Gasteiger partial charge in [-0.2, -0.15) is 5.10 Å². The van der Waals surface area contributed by atoms with Crippen LogP contribution in [0, 0.1) is 0 Å². The summed E-state index contributed by atoms with van der Waals surface area (Å²) in [6.07, 6.45) is 3.95. The van der Waals surface area contributed by atoms with E-state index in [2.05, 4.69) is 29.2 Å². The predicted octanol–water partition coefficient (Wildman–Crippen LogP) is 1.20. The molecule has 1 N–H and O–H groups in total. The van der Waals surface area contributed by atoms with Gasteiger partial charge in [0.15, 0.2) is 5.82 Å². The first kappa shape index (κ1) is 13.1. The van der Waals surface area contributed by atoms with Gasteiger partial charge < -0.3 is 10.1 Å². The van der Waals surface area contributed by atoms with Crippen molar-refractivity contribution < 1.29 is 4.74 Å². The molecule has 1 rings (SSSR count). The van der Waals surface area contributed by atoms with Crippen molar-refractivity contribution in [1.29, 1.82) is 0 Å². The normalized spacial score (nSPS) is 10.9. The lowest BCUT2D eigenvalue weighted by Crippen LogP contribution is -2.15. The molecule has 0 aliphatic rings. The average Bonchev–Trinajstić information content (AvgIpc) is 2.73. The van der Waals surface area contributed by atoms with Crippen LogP contribution >= 0.6 is 0 Å². The van der Waals surface area contributed by atoms with Gasteiger partial charge in [-0.1, -0.05) is 13.8 Å². The van der Waals surface area contributed by atoms with Gasteiger partial charge in [-0.3, -0.25) is 4.68 Å². The van der Waals surface area contributed by atoms with Gasteiger partial charge in [-0.25, -0.2) is 4.98 Å². The Morgan fingerprint density at radius 2 is 2.19 bits per heavy atom. The highest BCUT2D eigenvalue weighted by Crippen LogP contribution is 1.91. The van der Waals surface area contributed by atoms with Gasteiger partial charge in [0.05, 0.1) is 19.7 Å². The second-order valence-corrected chi connectivity index (χ2v) is 3.71. The van der Waals surface area contributed by atoms with E-state index in [0.29, 0.717) is 6.61 Å². The molecule has 0 fully saturated rings. The highest BCUT2D eigenvalue weighted by atomic mass is 16.5. The molecule has 16 heavy (non-hydrogen) atoms. The third-order valence-corrected chi connectivity index (χ3v) is 2.11. The Bertz CT molecular complexity index is 275. The number of hydrogen-bond donors (Lipinski definition) is 1. The van der Waals surface area contributed by atoms with Crippen molar-refractivity contribution in [2.24, 2.45) is 0 Å². The van der Waals surface area contributed by atoms with Crippen LogP contribution in [0.3, 0.4) is 0 Å². The molecule has 0 aliphatic carbocycles. The topological polar surface area (TPSA) is 52.0 Å². The van der Waals surface area contributed by atoms with Crippen molar-refractivity contribution in [2.75, 3.05) is 19.8 Å². The number of ether oxygens (including phenoxy) is 1. The van der Waals surface area contributed by atoms with Crippen molar-refractivity contribution in [3.63, 3.8) is 0 Å². The molecule has 0 radical (unpaired) electrons. The molecule has 1 aromatic rings. The molecule has 0 unspecified atom stereocenters. The Morgan fingerprint density at radius 1 is 1.31 bits per heavy atom. The van der Waals surface area contributed by atoms with Crippen LogP contribution in [-0.4, -0.2) is 34.5 Å². The summed E-state index contributed by atoms with van der Waals surface area (Å²) >= 11 is 0. The maximum atomic E-state index is 5.39. The minimum absolute atomic E-state index is 0.707. The van der Waals surface area contributed by atoms with Gasteiger partial charge in [-0.05, 0) is 19.4 Å². The maximum Gasteiger partial charge on any atom is 0.164 e. The molecule has 0 amide bonds. The van der Waals surface area contributed by atoms with Crippen LogP contribution in [0.4, 0.5) is 0 Å². The monoisotopic (exact) mass is 226 g/mol. The van der Waals surface area contributed by atoms with Crippen LogP contribution < -0.4 is 5.32 Å². The minimum atomic E-state index is 0.707. The van der Waals surface area contributed by atoms with Gasteiger partial charge >= 0.3 is 0 Å². The molecule has 0 aliphatic heterocycles. The molecule has 0 saturated heterocycles. The van der Waals surface area contributed by atoms with E-state index in [4.69, 9.17) is 4.74 Å². The van der Waals surface area contributed by atoms with Gasteiger partial charge in [0.25, 0.3) is 0 Å². The molecule has 0 bridgehead atoms. The molecule has 0 atom stereocenters. The third-order valence-electron chi connectivity index (χ3n) is 2.11. The fourth-order valence-electron chi connectivity index (χ4n) is 1.30. The van der Waals surface area contributed by atoms with E-state index >= 15 is 0 Å². The number of nitrogens with zero attached hydrogens (tertiary/aromatic N) is 3. The minimum Gasteiger partial charge on any atom is -0.380 e. The van der Waals surface area contributed by atoms with Crippen LogP contribution in [0.25, 0.3) is 0 Å². The predicted molar refractivity (Wildman–Crippen MR) is 63.1 cm³/mol. The second kappa shape index (κ2) is 8.24. The van der Waals surface area contributed by atoms with Gasteiger partial charge in [-0.15, -0.1) is 0 Å². The van der Waals surface area contributed by atoms with Crippen LogP contribution in [0.5, 0.6) is 0 Å². The highest BCUT2D eigenvalue weighted by Gasteiger charge is 1.99. The third kappa shape index (κ3) is 5.23. The SMILES string of the molecule is CCCNCc1ncn(CCOCCC)n1. The first-order valence-corrected chi connectivity index (χ1v) is 6.03. The molecule has 92 valence electrons. The van der Waals surface area contributed by atoms with Crippen LogP contribution in [0.15, 0.2) is 6.33 Å². The molecule has 0 aromatic carbocycles. The van der Waals surface area contributed by atoms with E-state index in [1.54, 1.807) is 6.33 Å². The van der Waals surface area contributed by atoms with Crippen molar-refractivity contribution in [2.45, 2.75) is 39.8 Å². The van der Waals surface area contributed by atoms with E-state index in [0.717, 1.165) is 44.9 Å². The van der Waals surface area contributed by atoms with Crippen LogP contribution in [-0.2, 0) is 17.8 Å². The summed E-state index contributed by atoms with van der Waals surface area (Å²) in [5.41, 5.74) is 0. The van der Waals surface area contributed by atoms with E-state index in [1.807, 2.05) is 4.68 Å². The Morgan fingerprint density at radius 3 is 2.94 bits per heavy atom. The zero-order valence-corrected chi connectivity index (χ0v) is 10.3. The summed E-state index contributed by atoms with van der Waals surface area (Å²) in [6.45, 7) is 8.31. The van der Waals surface area contributed by atoms with Gasteiger partial charge in [0.1, 0.15) is 6.33 Å². The molecule has 5 nitrogen and oxygen atoms in total. The Balaban J connectivity index is 2.17. The standard InChI is InChI=1S/C11H22N4O/c1-3-5-12-9-11-13-10-15(14-11)6-8-16-7-4-2/h10,12H,3-9H2,1-2H3. The number of hydrogen-bond acceptors (Lipinski definition) is 4. The zero-order chi connectivity index (χ0) is 11.6. The molecule has 0 saturated carbocycles. The van der Waals surface area contributed by atoms with Crippen molar-refractivity contribution in [3.05, 3.63) is 12.2 Å². The molecule has 5 heteroatoms. The van der Waals surface area contributed by atoms with E-state index < -0.39 is 0 Å². The Hall–Kier alpha value is -0.940. The summed E-state index contributed by atoms with van der Waals surface area (Å²) < 4.78 is 7.22. The molecule has 1 heterocycles. The smallest absolute Gasteiger partial charge is 0.164 e. The van der Waals surface area contributed by atoms with Crippen molar-refractivity contribution in [3.8, 4) is 0 Å².